The van der Waals surface area contributed by atoms with Gasteiger partial charge < -0.3 is 20.1 Å². The molecule has 1 aromatic heterocycles. The predicted octanol–water partition coefficient (Wildman–Crippen LogP) is 5.48. The number of nitrogens with one attached hydrogen (secondary N) is 1. The van der Waals surface area contributed by atoms with E-state index in [0.29, 0.717) is 29.5 Å². The van der Waals surface area contributed by atoms with Crippen molar-refractivity contribution in [2.45, 2.75) is 12.8 Å². The number of piperidine rings is 1. The number of carboxylic acids is 1. The first-order chi connectivity index (χ1) is 17.5. The fourth-order valence-corrected chi connectivity index (χ4v) is 4.44. The maximum atomic E-state index is 12.7. The molecule has 1 amide bonds. The molecule has 182 valence electrons. The molecular weight excluding hydrogens is 454 g/mol. The standard InChI is InChI=1S/C29H27N3O4/c33-28(23-9-8-21-4-1-2-5-22(21)16-23)31-25-10-11-27(30-18-25)32-14-12-20(13-15-32)19-36-26-7-3-6-24(17-26)29(34)35/h1-11,16-18,20H,12-15,19H2,(H,31,33)(H,34,35). The van der Waals surface area contributed by atoms with Gasteiger partial charge in [0.2, 0.25) is 0 Å². The van der Waals surface area contributed by atoms with E-state index >= 15 is 0 Å². The van der Waals surface area contributed by atoms with Gasteiger partial charge in [0.15, 0.2) is 0 Å². The van der Waals surface area contributed by atoms with Crippen LogP contribution in [0.15, 0.2) is 85.1 Å². The summed E-state index contributed by atoms with van der Waals surface area (Å²) < 4.78 is 5.85. The summed E-state index contributed by atoms with van der Waals surface area (Å²) in [7, 11) is 0. The summed E-state index contributed by atoms with van der Waals surface area (Å²) in [5.41, 5.74) is 1.49. The number of fused-ring (bicyclic) bond motifs is 1. The molecule has 0 bridgehead atoms. The number of carboxylic acid groups (broad SMARTS) is 1. The minimum Gasteiger partial charge on any atom is -0.493 e. The van der Waals surface area contributed by atoms with Crippen LogP contribution >= 0.6 is 0 Å². The number of carbonyl (C=O) groups excluding carboxylic acids is 1. The lowest BCUT2D eigenvalue weighted by Crippen LogP contribution is -2.36. The van der Waals surface area contributed by atoms with Crippen LogP contribution in [-0.2, 0) is 0 Å². The van der Waals surface area contributed by atoms with Gasteiger partial charge in [0, 0.05) is 18.7 Å². The van der Waals surface area contributed by atoms with Crippen LogP contribution in [0.25, 0.3) is 10.8 Å². The van der Waals surface area contributed by atoms with Crippen molar-refractivity contribution in [2.24, 2.45) is 5.92 Å². The van der Waals surface area contributed by atoms with E-state index in [9.17, 15) is 9.59 Å². The van der Waals surface area contributed by atoms with E-state index in [1.165, 1.54) is 0 Å². The Morgan fingerprint density at radius 2 is 1.72 bits per heavy atom. The van der Waals surface area contributed by atoms with E-state index in [0.717, 1.165) is 42.5 Å². The van der Waals surface area contributed by atoms with Crippen molar-refractivity contribution in [1.82, 2.24) is 4.98 Å². The molecule has 5 rings (SSSR count). The van der Waals surface area contributed by atoms with Crippen molar-refractivity contribution in [3.05, 3.63) is 96.2 Å². The number of hydrogen-bond donors (Lipinski definition) is 2. The topological polar surface area (TPSA) is 91.8 Å². The third kappa shape index (κ3) is 5.46. The molecule has 1 saturated heterocycles. The fraction of sp³-hybridized carbons (Fsp3) is 0.207. The molecule has 0 radical (unpaired) electrons. The number of aromatic nitrogens is 1. The molecule has 7 heteroatoms. The monoisotopic (exact) mass is 481 g/mol. The highest BCUT2D eigenvalue weighted by Gasteiger charge is 2.21. The largest absolute Gasteiger partial charge is 0.493 e. The Balaban J connectivity index is 1.12. The zero-order chi connectivity index (χ0) is 24.9. The molecule has 36 heavy (non-hydrogen) atoms. The minimum atomic E-state index is -0.958. The van der Waals surface area contributed by atoms with E-state index in [1.807, 2.05) is 54.6 Å². The van der Waals surface area contributed by atoms with Gasteiger partial charge in [-0.25, -0.2) is 9.78 Å². The van der Waals surface area contributed by atoms with Crippen LogP contribution in [0.3, 0.4) is 0 Å². The Kier molecular flexibility index (Phi) is 6.80. The second kappa shape index (κ2) is 10.5. The highest BCUT2D eigenvalue weighted by molar-refractivity contribution is 6.06. The van der Waals surface area contributed by atoms with Crippen LogP contribution in [0.4, 0.5) is 11.5 Å². The van der Waals surface area contributed by atoms with Gasteiger partial charge in [-0.3, -0.25) is 4.79 Å². The number of aromatic carboxylic acids is 1. The Morgan fingerprint density at radius 1 is 0.917 bits per heavy atom. The summed E-state index contributed by atoms with van der Waals surface area (Å²) in [5, 5.41) is 14.2. The lowest BCUT2D eigenvalue weighted by Gasteiger charge is -2.32. The smallest absolute Gasteiger partial charge is 0.335 e. The molecule has 0 aliphatic carbocycles. The SMILES string of the molecule is O=C(O)c1cccc(OCC2CCN(c3ccc(NC(=O)c4ccc5ccccc5c4)cn3)CC2)c1. The molecular formula is C29H27N3O4. The highest BCUT2D eigenvalue weighted by Crippen LogP contribution is 2.24. The molecule has 2 heterocycles. The summed E-state index contributed by atoms with van der Waals surface area (Å²) in [6.07, 6.45) is 3.61. The molecule has 0 unspecified atom stereocenters. The minimum absolute atomic E-state index is 0.162. The van der Waals surface area contributed by atoms with Crippen LogP contribution in [0, 0.1) is 5.92 Å². The van der Waals surface area contributed by atoms with Gasteiger partial charge in [-0.05, 0) is 72.0 Å². The van der Waals surface area contributed by atoms with Gasteiger partial charge >= 0.3 is 5.97 Å². The van der Waals surface area contributed by atoms with Crippen molar-refractivity contribution in [2.75, 3.05) is 29.9 Å². The quantitative estimate of drug-likeness (QED) is 0.363. The van der Waals surface area contributed by atoms with Crippen LogP contribution < -0.4 is 15.0 Å². The molecule has 4 aromatic rings. The van der Waals surface area contributed by atoms with Crippen LogP contribution in [0.2, 0.25) is 0 Å². The van der Waals surface area contributed by atoms with E-state index in [-0.39, 0.29) is 11.5 Å². The molecule has 3 aromatic carbocycles. The van der Waals surface area contributed by atoms with Crippen molar-refractivity contribution in [3.8, 4) is 5.75 Å². The van der Waals surface area contributed by atoms with E-state index in [1.54, 1.807) is 30.5 Å². The highest BCUT2D eigenvalue weighted by atomic mass is 16.5. The number of hydrogen-bond acceptors (Lipinski definition) is 5. The van der Waals surface area contributed by atoms with Crippen molar-refractivity contribution >= 4 is 34.2 Å². The summed E-state index contributed by atoms with van der Waals surface area (Å²) in [4.78, 5) is 30.6. The number of pyridine rings is 1. The predicted molar refractivity (Wildman–Crippen MR) is 140 cm³/mol. The zero-order valence-corrected chi connectivity index (χ0v) is 19.8. The normalized spacial score (nSPS) is 13.9. The van der Waals surface area contributed by atoms with E-state index in [4.69, 9.17) is 9.84 Å². The lowest BCUT2D eigenvalue weighted by atomic mass is 9.98. The van der Waals surface area contributed by atoms with Crippen LogP contribution in [0.5, 0.6) is 5.75 Å². The summed E-state index contributed by atoms with van der Waals surface area (Å²) in [6.45, 7) is 2.28. The molecule has 0 saturated carbocycles. The molecule has 1 fully saturated rings. The molecule has 2 N–H and O–H groups in total. The Labute approximate surface area is 209 Å². The van der Waals surface area contributed by atoms with Crippen LogP contribution in [0.1, 0.15) is 33.6 Å². The summed E-state index contributed by atoms with van der Waals surface area (Å²) >= 11 is 0. The first-order valence-electron chi connectivity index (χ1n) is 12.0. The molecule has 1 aliphatic rings. The lowest BCUT2D eigenvalue weighted by molar-refractivity contribution is 0.0696. The Bertz CT molecular complexity index is 1380. The van der Waals surface area contributed by atoms with Crippen LogP contribution in [-0.4, -0.2) is 41.7 Å². The van der Waals surface area contributed by atoms with E-state index < -0.39 is 5.97 Å². The first-order valence-corrected chi connectivity index (χ1v) is 12.0. The second-order valence-electron chi connectivity index (χ2n) is 9.00. The van der Waals surface area contributed by atoms with Gasteiger partial charge in [-0.15, -0.1) is 0 Å². The number of anilines is 2. The van der Waals surface area contributed by atoms with E-state index in [2.05, 4.69) is 15.2 Å². The third-order valence-electron chi connectivity index (χ3n) is 6.52. The number of ether oxygens (including phenoxy) is 1. The van der Waals surface area contributed by atoms with Crippen molar-refractivity contribution in [1.29, 1.82) is 0 Å². The fourth-order valence-electron chi connectivity index (χ4n) is 4.44. The van der Waals surface area contributed by atoms with Crippen molar-refractivity contribution in [3.63, 3.8) is 0 Å². The van der Waals surface area contributed by atoms with Gasteiger partial charge in [0.05, 0.1) is 24.1 Å². The van der Waals surface area contributed by atoms with Gasteiger partial charge in [-0.1, -0.05) is 36.4 Å². The number of amides is 1. The average Bonchev–Trinajstić information content (AvgIpc) is 2.92. The number of rotatable bonds is 7. The number of carbonyl (C=O) groups is 2. The van der Waals surface area contributed by atoms with Gasteiger partial charge in [-0.2, -0.15) is 0 Å². The van der Waals surface area contributed by atoms with Crippen molar-refractivity contribution < 1.29 is 19.4 Å². The molecule has 7 nitrogen and oxygen atoms in total. The molecule has 0 spiro atoms. The summed E-state index contributed by atoms with van der Waals surface area (Å²) in [5.74, 6) is 0.744. The van der Waals surface area contributed by atoms with Gasteiger partial charge in [0.1, 0.15) is 11.6 Å². The first kappa shape index (κ1) is 23.4. The summed E-state index contributed by atoms with van der Waals surface area (Å²) in [6, 6.07) is 24.0. The maximum absolute atomic E-state index is 12.7. The molecule has 1 aliphatic heterocycles. The molecule has 0 atom stereocenters. The Hall–Kier alpha value is -4.39. The van der Waals surface area contributed by atoms with Gasteiger partial charge in [0.25, 0.3) is 5.91 Å². The number of nitrogens with zero attached hydrogens (tertiary/aromatic N) is 2. The Morgan fingerprint density at radius 3 is 2.47 bits per heavy atom. The average molecular weight is 482 g/mol. The zero-order valence-electron chi connectivity index (χ0n) is 19.8. The maximum Gasteiger partial charge on any atom is 0.335 e. The third-order valence-corrected chi connectivity index (χ3v) is 6.52. The number of benzene rings is 3. The second-order valence-corrected chi connectivity index (χ2v) is 9.00.